The molecule has 0 aliphatic rings. The molecule has 1 N–H and O–H groups in total. The largest absolute Gasteiger partial charge is 0.316 e. The van der Waals surface area contributed by atoms with Gasteiger partial charge in [0.15, 0.2) is 0 Å². The quantitative estimate of drug-likeness (QED) is 0.598. The Morgan fingerprint density at radius 3 is 2.52 bits per heavy atom. The van der Waals surface area contributed by atoms with Gasteiger partial charge < -0.3 is 5.32 Å². The van der Waals surface area contributed by atoms with Gasteiger partial charge in [0.25, 0.3) is 11.6 Å². The minimum Gasteiger partial charge on any atom is -0.316 e. The van der Waals surface area contributed by atoms with Crippen molar-refractivity contribution in [1.29, 1.82) is 0 Å². The number of halogens is 3. The van der Waals surface area contributed by atoms with Crippen molar-refractivity contribution in [1.82, 2.24) is 0 Å². The monoisotopic (exact) mass is 388 g/mol. The van der Waals surface area contributed by atoms with Gasteiger partial charge in [-0.15, -0.1) is 0 Å². The third kappa shape index (κ3) is 3.72. The second kappa shape index (κ2) is 6.43. The van der Waals surface area contributed by atoms with Gasteiger partial charge in [-0.05, 0) is 46.3 Å². The van der Waals surface area contributed by atoms with Crippen LogP contribution in [0, 0.1) is 10.1 Å². The van der Waals surface area contributed by atoms with Crippen molar-refractivity contribution >= 4 is 56.4 Å². The summed E-state index contributed by atoms with van der Waals surface area (Å²) >= 11 is 14.9. The summed E-state index contributed by atoms with van der Waals surface area (Å²) in [7, 11) is 0. The van der Waals surface area contributed by atoms with Crippen molar-refractivity contribution in [3.05, 3.63) is 66.6 Å². The molecule has 0 aromatic heterocycles. The predicted molar refractivity (Wildman–Crippen MR) is 85.2 cm³/mol. The Hall–Kier alpha value is -1.63. The number of benzene rings is 2. The first-order chi connectivity index (χ1) is 9.88. The van der Waals surface area contributed by atoms with Crippen molar-refractivity contribution in [3.63, 3.8) is 0 Å². The van der Waals surface area contributed by atoms with Crippen LogP contribution in [0.2, 0.25) is 10.0 Å². The van der Waals surface area contributed by atoms with Crippen LogP contribution in [0.25, 0.3) is 0 Å². The summed E-state index contributed by atoms with van der Waals surface area (Å²) in [6.45, 7) is 0. The Morgan fingerprint density at radius 1 is 1.19 bits per heavy atom. The second-order valence-corrected chi connectivity index (χ2v) is 5.70. The zero-order valence-corrected chi connectivity index (χ0v) is 13.4. The van der Waals surface area contributed by atoms with Gasteiger partial charge in [-0.25, -0.2) is 0 Å². The van der Waals surface area contributed by atoms with E-state index in [1.54, 1.807) is 12.1 Å². The molecule has 0 spiro atoms. The zero-order chi connectivity index (χ0) is 15.6. The lowest BCUT2D eigenvalue weighted by Crippen LogP contribution is -2.13. The topological polar surface area (TPSA) is 72.2 Å². The minimum absolute atomic E-state index is 0.0246. The van der Waals surface area contributed by atoms with Crippen LogP contribution in [-0.4, -0.2) is 10.8 Å². The number of hydrogen-bond acceptors (Lipinski definition) is 3. The molecule has 0 saturated carbocycles. The SMILES string of the molecule is O=C(Nc1cc(Cl)ccc1[N+](=O)[O-])c1ccc(Br)c(Cl)c1. The fraction of sp³-hybridized carbons (Fsp3) is 0. The molecular weight excluding hydrogens is 383 g/mol. The number of rotatable bonds is 3. The predicted octanol–water partition coefficient (Wildman–Crippen LogP) is 4.92. The third-order valence-electron chi connectivity index (χ3n) is 2.59. The molecule has 2 aromatic rings. The van der Waals surface area contributed by atoms with E-state index in [4.69, 9.17) is 23.2 Å². The Labute approximate surface area is 138 Å². The van der Waals surface area contributed by atoms with E-state index in [2.05, 4.69) is 21.2 Å². The van der Waals surface area contributed by atoms with Gasteiger partial charge in [-0.3, -0.25) is 14.9 Å². The van der Waals surface area contributed by atoms with E-state index >= 15 is 0 Å². The van der Waals surface area contributed by atoms with E-state index in [1.165, 1.54) is 24.3 Å². The molecule has 0 aliphatic heterocycles. The van der Waals surface area contributed by atoms with E-state index < -0.39 is 10.8 Å². The van der Waals surface area contributed by atoms with Gasteiger partial charge in [-0.1, -0.05) is 23.2 Å². The first-order valence-corrected chi connectivity index (χ1v) is 7.13. The lowest BCUT2D eigenvalue weighted by atomic mass is 10.2. The molecule has 0 radical (unpaired) electrons. The van der Waals surface area contributed by atoms with Crippen molar-refractivity contribution < 1.29 is 9.72 Å². The van der Waals surface area contributed by atoms with Gasteiger partial charge in [0.1, 0.15) is 5.69 Å². The number of carbonyl (C=O) groups excluding carboxylic acids is 1. The average Bonchev–Trinajstić information content (AvgIpc) is 2.41. The number of nitrogens with zero attached hydrogens (tertiary/aromatic N) is 1. The van der Waals surface area contributed by atoms with Gasteiger partial charge >= 0.3 is 0 Å². The number of hydrogen-bond donors (Lipinski definition) is 1. The van der Waals surface area contributed by atoms with Crippen LogP contribution in [0.5, 0.6) is 0 Å². The molecule has 21 heavy (non-hydrogen) atoms. The molecule has 0 bridgehead atoms. The van der Waals surface area contributed by atoms with Crippen molar-refractivity contribution in [2.75, 3.05) is 5.32 Å². The maximum absolute atomic E-state index is 12.1. The molecule has 0 atom stereocenters. The summed E-state index contributed by atoms with van der Waals surface area (Å²) < 4.78 is 0.648. The molecule has 0 saturated heterocycles. The highest BCUT2D eigenvalue weighted by Gasteiger charge is 2.17. The van der Waals surface area contributed by atoms with Crippen LogP contribution in [-0.2, 0) is 0 Å². The van der Waals surface area contributed by atoms with Crippen LogP contribution in [0.4, 0.5) is 11.4 Å². The number of nitro benzene ring substituents is 1. The molecule has 108 valence electrons. The molecule has 2 aromatic carbocycles. The summed E-state index contributed by atoms with van der Waals surface area (Å²) in [5.74, 6) is -0.519. The maximum Gasteiger partial charge on any atom is 0.292 e. The molecule has 5 nitrogen and oxygen atoms in total. The van der Waals surface area contributed by atoms with E-state index in [-0.39, 0.29) is 22.0 Å². The van der Waals surface area contributed by atoms with Gasteiger partial charge in [0.05, 0.1) is 9.95 Å². The summed E-state index contributed by atoms with van der Waals surface area (Å²) in [5, 5.41) is 14.0. The average molecular weight is 390 g/mol. The van der Waals surface area contributed by atoms with Crippen LogP contribution < -0.4 is 5.32 Å². The van der Waals surface area contributed by atoms with E-state index in [1.807, 2.05) is 0 Å². The molecule has 0 aliphatic carbocycles. The normalized spacial score (nSPS) is 10.2. The highest BCUT2D eigenvalue weighted by Crippen LogP contribution is 2.29. The second-order valence-electron chi connectivity index (χ2n) is 4.00. The van der Waals surface area contributed by atoms with Crippen LogP contribution >= 0.6 is 39.1 Å². The molecule has 0 unspecified atom stereocenters. The number of anilines is 1. The number of nitrogens with one attached hydrogen (secondary N) is 1. The number of carbonyl (C=O) groups is 1. The van der Waals surface area contributed by atoms with Crippen LogP contribution in [0.3, 0.4) is 0 Å². The Balaban J connectivity index is 2.33. The number of nitro groups is 1. The van der Waals surface area contributed by atoms with Crippen LogP contribution in [0.15, 0.2) is 40.9 Å². The summed E-state index contributed by atoms with van der Waals surface area (Å²) in [6, 6.07) is 8.54. The van der Waals surface area contributed by atoms with E-state index in [0.717, 1.165) is 0 Å². The molecular formula is C13H7BrCl2N2O3. The lowest BCUT2D eigenvalue weighted by Gasteiger charge is -2.07. The van der Waals surface area contributed by atoms with Gasteiger partial charge in [0, 0.05) is 21.1 Å². The van der Waals surface area contributed by atoms with Gasteiger partial charge in [0.2, 0.25) is 0 Å². The molecule has 0 fully saturated rings. The smallest absolute Gasteiger partial charge is 0.292 e. The van der Waals surface area contributed by atoms with Crippen molar-refractivity contribution in [2.45, 2.75) is 0 Å². The first kappa shape index (κ1) is 15.8. The maximum atomic E-state index is 12.1. The minimum atomic E-state index is -0.597. The zero-order valence-electron chi connectivity index (χ0n) is 10.3. The third-order valence-corrected chi connectivity index (χ3v) is 4.05. The van der Waals surface area contributed by atoms with Gasteiger partial charge in [-0.2, -0.15) is 0 Å². The Kier molecular flexibility index (Phi) is 4.82. The highest BCUT2D eigenvalue weighted by atomic mass is 79.9. The molecule has 1 amide bonds. The Morgan fingerprint density at radius 2 is 1.90 bits per heavy atom. The number of amides is 1. The van der Waals surface area contributed by atoms with E-state index in [9.17, 15) is 14.9 Å². The Bertz CT molecular complexity index is 737. The summed E-state index contributed by atoms with van der Waals surface area (Å²) in [4.78, 5) is 22.4. The molecule has 0 heterocycles. The molecule has 2 rings (SSSR count). The lowest BCUT2D eigenvalue weighted by molar-refractivity contribution is -0.383. The fourth-order valence-corrected chi connectivity index (χ4v) is 2.20. The fourth-order valence-electron chi connectivity index (χ4n) is 1.60. The summed E-state index contributed by atoms with van der Waals surface area (Å²) in [5.41, 5.74) is 0.0602. The van der Waals surface area contributed by atoms with E-state index in [0.29, 0.717) is 9.50 Å². The first-order valence-electron chi connectivity index (χ1n) is 5.59. The van der Waals surface area contributed by atoms with Crippen molar-refractivity contribution in [2.24, 2.45) is 0 Å². The van der Waals surface area contributed by atoms with Crippen molar-refractivity contribution in [3.8, 4) is 0 Å². The summed E-state index contributed by atoms with van der Waals surface area (Å²) in [6.07, 6.45) is 0. The van der Waals surface area contributed by atoms with Crippen LogP contribution in [0.1, 0.15) is 10.4 Å². The highest BCUT2D eigenvalue weighted by molar-refractivity contribution is 9.10. The standard InChI is InChI=1S/C13H7BrCl2N2O3/c14-9-3-1-7(5-10(9)16)13(19)17-11-6-8(15)2-4-12(11)18(20)21/h1-6H,(H,17,19). The molecule has 8 heteroatoms.